The van der Waals surface area contributed by atoms with Gasteiger partial charge in [-0.25, -0.2) is 4.79 Å². The van der Waals surface area contributed by atoms with Gasteiger partial charge in [-0.3, -0.25) is 9.08 Å². The highest BCUT2D eigenvalue weighted by atomic mass is 32.2. The van der Waals surface area contributed by atoms with Crippen LogP contribution in [0.4, 0.5) is 4.79 Å². The molecule has 0 saturated carbocycles. The smallest absolute Gasteiger partial charge is 0.412 e. The van der Waals surface area contributed by atoms with E-state index in [2.05, 4.69) is 33.9 Å². The zero-order valence-corrected chi connectivity index (χ0v) is 24.4. The number of hydrogen-bond donors (Lipinski definition) is 0. The predicted molar refractivity (Wildman–Crippen MR) is 133 cm³/mol. The van der Waals surface area contributed by atoms with E-state index in [1.54, 1.807) is 4.90 Å². The Labute approximate surface area is 202 Å². The third kappa shape index (κ3) is 10.2. The Morgan fingerprint density at radius 3 is 2.24 bits per heavy atom. The second kappa shape index (κ2) is 10.9. The largest absolute Gasteiger partial charge is 0.444 e. The van der Waals surface area contributed by atoms with Crippen molar-refractivity contribution >= 4 is 24.5 Å². The predicted octanol–water partition coefficient (Wildman–Crippen LogP) is 5.14. The van der Waals surface area contributed by atoms with Gasteiger partial charge in [0.25, 0.3) is 10.1 Å². The van der Waals surface area contributed by atoms with E-state index in [1.165, 1.54) is 0 Å². The van der Waals surface area contributed by atoms with Crippen LogP contribution in [-0.4, -0.2) is 71.2 Å². The molecule has 0 aromatic heterocycles. The third-order valence-electron chi connectivity index (χ3n) is 6.31. The molecule has 0 unspecified atom stereocenters. The summed E-state index contributed by atoms with van der Waals surface area (Å²) in [6, 6.07) is -0.154. The van der Waals surface area contributed by atoms with Crippen molar-refractivity contribution in [2.45, 2.75) is 110 Å². The van der Waals surface area contributed by atoms with Crippen LogP contribution in [0.2, 0.25) is 18.1 Å². The fourth-order valence-electron chi connectivity index (χ4n) is 3.52. The van der Waals surface area contributed by atoms with Gasteiger partial charge in [-0.15, -0.1) is 0 Å². The molecule has 1 aliphatic rings. The van der Waals surface area contributed by atoms with Crippen molar-refractivity contribution < 1.29 is 31.3 Å². The molecule has 1 heterocycles. The standard InChI is InChI=1S/C23H47NO7SSi/c1-21(2,3)31-20(25)24-19(17-28-23(24,7)8)15-18(13-12-14-29-32(9,26)27)16-30-33(10,11)22(4,5)6/h18-19H,12-17H2,1-11H3/t18-,19-/m1/s1. The van der Waals surface area contributed by atoms with Crippen molar-refractivity contribution in [2.24, 2.45) is 5.92 Å². The molecule has 1 aliphatic heterocycles. The molecule has 0 N–H and O–H groups in total. The molecule has 8 nitrogen and oxygen atoms in total. The van der Waals surface area contributed by atoms with E-state index in [0.29, 0.717) is 26.1 Å². The molecule has 1 amide bonds. The number of ether oxygens (including phenoxy) is 2. The first-order chi connectivity index (χ1) is 14.6. The van der Waals surface area contributed by atoms with Crippen molar-refractivity contribution in [3.8, 4) is 0 Å². The monoisotopic (exact) mass is 509 g/mol. The first-order valence-corrected chi connectivity index (χ1v) is 16.5. The summed E-state index contributed by atoms with van der Waals surface area (Å²) in [7, 11) is -5.43. The maximum absolute atomic E-state index is 13.0. The first kappa shape index (κ1) is 30.3. The lowest BCUT2D eigenvalue weighted by molar-refractivity contribution is -0.0633. The van der Waals surface area contributed by atoms with Crippen LogP contribution >= 0.6 is 0 Å². The normalized spacial score (nSPS) is 20.7. The van der Waals surface area contributed by atoms with E-state index in [0.717, 1.165) is 12.7 Å². The van der Waals surface area contributed by atoms with Crippen molar-refractivity contribution in [3.05, 3.63) is 0 Å². The Hall–Kier alpha value is -0.683. The van der Waals surface area contributed by atoms with Gasteiger partial charge in [0, 0.05) is 6.61 Å². The van der Waals surface area contributed by atoms with Crippen LogP contribution in [0.1, 0.15) is 74.7 Å². The minimum Gasteiger partial charge on any atom is -0.444 e. The SMILES string of the molecule is CC(C)(C)OC(=O)N1[C@H](C[C@@H](CCCOS(C)(=O)=O)CO[Si](C)(C)C(C)(C)C)COC1(C)C. The highest BCUT2D eigenvalue weighted by Gasteiger charge is 2.46. The Kier molecular flexibility index (Phi) is 10.1. The number of carbonyl (C=O) groups is 1. The van der Waals surface area contributed by atoms with E-state index in [4.69, 9.17) is 18.1 Å². The summed E-state index contributed by atoms with van der Waals surface area (Å²) >= 11 is 0. The fraction of sp³-hybridized carbons (Fsp3) is 0.957. The third-order valence-corrected chi connectivity index (χ3v) is 11.4. The molecule has 10 heteroatoms. The Morgan fingerprint density at radius 1 is 1.18 bits per heavy atom. The summed E-state index contributed by atoms with van der Waals surface area (Å²) in [6.07, 6.45) is 2.66. The van der Waals surface area contributed by atoms with Gasteiger partial charge in [0.15, 0.2) is 8.32 Å². The van der Waals surface area contributed by atoms with Gasteiger partial charge in [0.1, 0.15) is 11.3 Å². The van der Waals surface area contributed by atoms with E-state index in [-0.39, 0.29) is 29.7 Å². The average molecular weight is 510 g/mol. The number of amides is 1. The highest BCUT2D eigenvalue weighted by molar-refractivity contribution is 7.85. The molecule has 2 atom stereocenters. The Morgan fingerprint density at radius 2 is 1.76 bits per heavy atom. The van der Waals surface area contributed by atoms with E-state index >= 15 is 0 Å². The van der Waals surface area contributed by atoms with Crippen LogP contribution in [0.5, 0.6) is 0 Å². The molecule has 0 aliphatic carbocycles. The van der Waals surface area contributed by atoms with Crippen molar-refractivity contribution in [2.75, 3.05) is 26.1 Å². The summed E-state index contributed by atoms with van der Waals surface area (Å²) in [4.78, 5) is 14.7. The summed E-state index contributed by atoms with van der Waals surface area (Å²) in [5.41, 5.74) is -1.37. The summed E-state index contributed by atoms with van der Waals surface area (Å²) in [5, 5.41) is 0.0813. The Bertz CT molecular complexity index is 754. The van der Waals surface area contributed by atoms with Crippen LogP contribution in [0.25, 0.3) is 0 Å². The van der Waals surface area contributed by atoms with Gasteiger partial charge >= 0.3 is 6.09 Å². The lowest BCUT2D eigenvalue weighted by Gasteiger charge is -2.38. The molecule has 0 bridgehead atoms. The number of hydrogen-bond acceptors (Lipinski definition) is 7. The summed E-state index contributed by atoms with van der Waals surface area (Å²) in [5.74, 6) is 0.120. The molecule has 1 fully saturated rings. The Balaban J connectivity index is 2.97. The van der Waals surface area contributed by atoms with Gasteiger partial charge in [-0.2, -0.15) is 8.42 Å². The highest BCUT2D eigenvalue weighted by Crippen LogP contribution is 2.38. The van der Waals surface area contributed by atoms with Gasteiger partial charge in [-0.05, 0) is 77.9 Å². The summed E-state index contributed by atoms with van der Waals surface area (Å²) < 4.78 is 45.7. The van der Waals surface area contributed by atoms with Crippen molar-refractivity contribution in [3.63, 3.8) is 0 Å². The zero-order valence-electron chi connectivity index (χ0n) is 22.6. The van der Waals surface area contributed by atoms with E-state index in [1.807, 2.05) is 34.6 Å². The maximum Gasteiger partial charge on any atom is 0.412 e. The molecule has 1 rings (SSSR count). The van der Waals surface area contributed by atoms with Gasteiger partial charge in [-0.1, -0.05) is 20.8 Å². The minimum atomic E-state index is -3.47. The number of carbonyl (C=O) groups excluding carboxylic acids is 1. The topological polar surface area (TPSA) is 91.4 Å². The van der Waals surface area contributed by atoms with Crippen LogP contribution < -0.4 is 0 Å². The molecule has 1 saturated heterocycles. The van der Waals surface area contributed by atoms with Crippen LogP contribution in [0, 0.1) is 5.92 Å². The molecule has 196 valence electrons. The van der Waals surface area contributed by atoms with Crippen molar-refractivity contribution in [1.29, 1.82) is 0 Å². The van der Waals surface area contributed by atoms with Crippen LogP contribution in [0.3, 0.4) is 0 Å². The lowest BCUT2D eigenvalue weighted by Crippen LogP contribution is -2.50. The van der Waals surface area contributed by atoms with E-state index < -0.39 is 29.8 Å². The quantitative estimate of drug-likeness (QED) is 0.229. The lowest BCUT2D eigenvalue weighted by atomic mass is 9.95. The molecule has 0 aromatic rings. The van der Waals surface area contributed by atoms with Gasteiger partial charge in [0.05, 0.1) is 25.5 Å². The number of rotatable bonds is 10. The second-order valence-electron chi connectivity index (χ2n) is 12.1. The zero-order chi connectivity index (χ0) is 25.9. The van der Waals surface area contributed by atoms with Crippen LogP contribution in [-0.2, 0) is 28.2 Å². The maximum atomic E-state index is 13.0. The first-order valence-electron chi connectivity index (χ1n) is 11.8. The minimum absolute atomic E-state index is 0.0813. The fourth-order valence-corrected chi connectivity index (χ4v) is 5.02. The van der Waals surface area contributed by atoms with Crippen LogP contribution in [0.15, 0.2) is 0 Å². The number of nitrogens with zero attached hydrogens (tertiary/aromatic N) is 1. The van der Waals surface area contributed by atoms with Crippen molar-refractivity contribution in [1.82, 2.24) is 4.90 Å². The average Bonchev–Trinajstić information content (AvgIpc) is 2.87. The van der Waals surface area contributed by atoms with E-state index in [9.17, 15) is 13.2 Å². The molecular weight excluding hydrogens is 462 g/mol. The van der Waals surface area contributed by atoms with Gasteiger partial charge < -0.3 is 13.9 Å². The summed E-state index contributed by atoms with van der Waals surface area (Å²) in [6.45, 7) is 21.4. The molecule has 0 spiro atoms. The molecule has 0 radical (unpaired) electrons. The molecular formula is C23H47NO7SSi. The molecule has 0 aromatic carbocycles. The molecule has 33 heavy (non-hydrogen) atoms. The van der Waals surface area contributed by atoms with Gasteiger partial charge in [0.2, 0.25) is 0 Å². The second-order valence-corrected chi connectivity index (χ2v) is 18.6.